The van der Waals surface area contributed by atoms with Crippen molar-refractivity contribution in [2.45, 2.75) is 53.1 Å². The van der Waals surface area contributed by atoms with Gasteiger partial charge in [0.25, 0.3) is 5.91 Å². The fraction of sp³-hybridized carbons (Fsp3) is 0.526. The van der Waals surface area contributed by atoms with Gasteiger partial charge in [0.2, 0.25) is 5.82 Å². The summed E-state index contributed by atoms with van der Waals surface area (Å²) in [6.07, 6.45) is -0.382. The van der Waals surface area contributed by atoms with E-state index in [1.165, 1.54) is 12.1 Å². The fourth-order valence-corrected chi connectivity index (χ4v) is 2.53. The van der Waals surface area contributed by atoms with Gasteiger partial charge in [-0.1, -0.05) is 13.8 Å². The largest absolute Gasteiger partial charge is 0.490 e. The van der Waals surface area contributed by atoms with E-state index in [0.29, 0.717) is 11.4 Å². The number of rotatable bonds is 4. The van der Waals surface area contributed by atoms with Crippen LogP contribution in [0, 0.1) is 17.6 Å². The smallest absolute Gasteiger partial charge is 0.438 e. The number of carbonyl (C=O) groups is 2. The van der Waals surface area contributed by atoms with E-state index in [1.54, 1.807) is 27.7 Å². The van der Waals surface area contributed by atoms with Crippen molar-refractivity contribution in [1.82, 2.24) is 5.01 Å². The molecule has 0 aliphatic carbocycles. The second-order valence-electron chi connectivity index (χ2n) is 7.36. The van der Waals surface area contributed by atoms with Crippen LogP contribution in [0.5, 0.6) is 5.75 Å². The quantitative estimate of drug-likeness (QED) is 0.780. The van der Waals surface area contributed by atoms with Gasteiger partial charge in [0, 0.05) is 17.9 Å². The minimum Gasteiger partial charge on any atom is -0.490 e. The minimum atomic E-state index is -1.13. The van der Waals surface area contributed by atoms with Crippen molar-refractivity contribution in [3.8, 4) is 5.75 Å². The predicted octanol–water partition coefficient (Wildman–Crippen LogP) is 4.26. The summed E-state index contributed by atoms with van der Waals surface area (Å²) in [5.41, 5.74) is -0.852. The van der Waals surface area contributed by atoms with Crippen molar-refractivity contribution in [1.29, 1.82) is 0 Å². The molecular weight excluding hydrogens is 358 g/mol. The summed E-state index contributed by atoms with van der Waals surface area (Å²) in [5, 5.41) is 4.54. The van der Waals surface area contributed by atoms with Crippen molar-refractivity contribution in [2.75, 3.05) is 6.61 Å². The highest BCUT2D eigenvalue weighted by Gasteiger charge is 2.35. The van der Waals surface area contributed by atoms with Crippen LogP contribution in [-0.4, -0.2) is 34.9 Å². The molecule has 0 aromatic heterocycles. The van der Waals surface area contributed by atoms with Crippen LogP contribution >= 0.6 is 0 Å². The number of carbonyl (C=O) groups excluding carboxylic acids is 2. The van der Waals surface area contributed by atoms with Gasteiger partial charge in [-0.15, -0.1) is 5.01 Å². The van der Waals surface area contributed by atoms with Gasteiger partial charge in [-0.3, -0.25) is 4.79 Å². The van der Waals surface area contributed by atoms with E-state index < -0.39 is 35.2 Å². The summed E-state index contributed by atoms with van der Waals surface area (Å²) in [6.45, 7) is 8.71. The molecule has 0 fully saturated rings. The molecule has 0 saturated heterocycles. The Balaban J connectivity index is 2.40. The zero-order chi connectivity index (χ0) is 20.4. The third-order valence-electron chi connectivity index (χ3n) is 3.74. The second kappa shape index (κ2) is 8.02. The number of nitrogens with zero attached hydrogens (tertiary/aromatic N) is 2. The number of hydrazone groups is 1. The monoisotopic (exact) mass is 382 g/mol. The number of hydrogen-bond donors (Lipinski definition) is 0. The molecule has 1 heterocycles. The van der Waals surface area contributed by atoms with Gasteiger partial charge < -0.3 is 9.47 Å². The summed E-state index contributed by atoms with van der Waals surface area (Å²) in [6, 6.07) is 2.65. The van der Waals surface area contributed by atoms with Crippen molar-refractivity contribution in [2.24, 2.45) is 11.0 Å². The van der Waals surface area contributed by atoms with Gasteiger partial charge >= 0.3 is 6.09 Å². The molecule has 1 aliphatic rings. The molecule has 2 amide bonds. The van der Waals surface area contributed by atoms with E-state index in [2.05, 4.69) is 5.10 Å². The molecule has 0 radical (unpaired) electrons. The summed E-state index contributed by atoms with van der Waals surface area (Å²) in [7, 11) is 0. The highest BCUT2D eigenvalue weighted by Crippen LogP contribution is 2.28. The third kappa shape index (κ3) is 4.81. The standard InChI is InChI=1S/C19H24F2N2O4/c1-6-9-26-13-8-7-12(15(20)16(13)21)17-11(2)10-14(24)23(22-17)18(25)27-19(3,4)5/h7-8,11H,6,9-10H2,1-5H3. The van der Waals surface area contributed by atoms with Gasteiger partial charge in [0.1, 0.15) is 5.60 Å². The van der Waals surface area contributed by atoms with E-state index in [9.17, 15) is 18.4 Å². The number of amides is 2. The summed E-state index contributed by atoms with van der Waals surface area (Å²) in [5.74, 6) is -3.51. The van der Waals surface area contributed by atoms with Crippen molar-refractivity contribution in [3.05, 3.63) is 29.3 Å². The lowest BCUT2D eigenvalue weighted by atomic mass is 9.93. The third-order valence-corrected chi connectivity index (χ3v) is 3.74. The van der Waals surface area contributed by atoms with Crippen LogP contribution in [0.3, 0.4) is 0 Å². The van der Waals surface area contributed by atoms with Crippen LogP contribution in [0.15, 0.2) is 17.2 Å². The van der Waals surface area contributed by atoms with Crippen LogP contribution in [-0.2, 0) is 9.53 Å². The van der Waals surface area contributed by atoms with E-state index in [-0.39, 0.29) is 30.1 Å². The Morgan fingerprint density at radius 3 is 2.56 bits per heavy atom. The van der Waals surface area contributed by atoms with Gasteiger partial charge in [-0.2, -0.15) is 9.49 Å². The molecule has 0 N–H and O–H groups in total. The molecule has 2 rings (SSSR count). The molecule has 6 nitrogen and oxygen atoms in total. The molecule has 27 heavy (non-hydrogen) atoms. The Labute approximate surface area is 157 Å². The summed E-state index contributed by atoms with van der Waals surface area (Å²) >= 11 is 0. The molecule has 1 atom stereocenters. The Morgan fingerprint density at radius 2 is 1.96 bits per heavy atom. The lowest BCUT2D eigenvalue weighted by molar-refractivity contribution is -0.131. The highest BCUT2D eigenvalue weighted by atomic mass is 19.2. The van der Waals surface area contributed by atoms with Crippen molar-refractivity contribution in [3.63, 3.8) is 0 Å². The van der Waals surface area contributed by atoms with Gasteiger partial charge in [0.15, 0.2) is 11.6 Å². The molecule has 0 spiro atoms. The molecule has 148 valence electrons. The first-order chi connectivity index (χ1) is 12.5. The van der Waals surface area contributed by atoms with Crippen LogP contribution in [0.25, 0.3) is 0 Å². The molecular formula is C19H24F2N2O4. The maximum absolute atomic E-state index is 14.6. The first-order valence-corrected chi connectivity index (χ1v) is 8.80. The van der Waals surface area contributed by atoms with Crippen LogP contribution in [0.4, 0.5) is 13.6 Å². The lowest BCUT2D eigenvalue weighted by Crippen LogP contribution is -2.42. The van der Waals surface area contributed by atoms with E-state index >= 15 is 0 Å². The van der Waals surface area contributed by atoms with Crippen LogP contribution < -0.4 is 4.74 Å². The van der Waals surface area contributed by atoms with E-state index in [1.807, 2.05) is 6.92 Å². The predicted molar refractivity (Wildman–Crippen MR) is 95.5 cm³/mol. The van der Waals surface area contributed by atoms with Crippen LogP contribution in [0.2, 0.25) is 0 Å². The van der Waals surface area contributed by atoms with Crippen molar-refractivity contribution < 1.29 is 27.8 Å². The molecule has 8 heteroatoms. The topological polar surface area (TPSA) is 68.2 Å². The van der Waals surface area contributed by atoms with Crippen molar-refractivity contribution >= 4 is 17.7 Å². The number of benzene rings is 1. The maximum Gasteiger partial charge on any atom is 0.438 e. The number of halogens is 2. The normalized spacial score (nSPS) is 17.6. The maximum atomic E-state index is 14.6. The van der Waals surface area contributed by atoms with E-state index in [4.69, 9.17) is 9.47 Å². The average molecular weight is 382 g/mol. The Kier molecular flexibility index (Phi) is 6.18. The lowest BCUT2D eigenvalue weighted by Gasteiger charge is -2.28. The SMILES string of the molecule is CCCOc1ccc(C2=NN(C(=O)OC(C)(C)C)C(=O)CC2C)c(F)c1F. The highest BCUT2D eigenvalue weighted by molar-refractivity contribution is 6.08. The minimum absolute atomic E-state index is 0.0762. The Morgan fingerprint density at radius 1 is 1.30 bits per heavy atom. The van der Waals surface area contributed by atoms with Gasteiger partial charge in [-0.05, 0) is 39.3 Å². The molecule has 0 saturated carbocycles. The number of imide groups is 1. The molecule has 1 aromatic carbocycles. The molecule has 1 aliphatic heterocycles. The Hall–Kier alpha value is -2.51. The second-order valence-corrected chi connectivity index (χ2v) is 7.36. The van der Waals surface area contributed by atoms with E-state index in [0.717, 1.165) is 0 Å². The molecule has 1 aromatic rings. The zero-order valence-electron chi connectivity index (χ0n) is 16.1. The van der Waals surface area contributed by atoms with Gasteiger partial charge in [-0.25, -0.2) is 9.18 Å². The first-order valence-electron chi connectivity index (χ1n) is 8.80. The van der Waals surface area contributed by atoms with Gasteiger partial charge in [0.05, 0.1) is 12.3 Å². The summed E-state index contributed by atoms with van der Waals surface area (Å²) in [4.78, 5) is 24.4. The fourth-order valence-electron chi connectivity index (χ4n) is 2.53. The molecule has 0 bridgehead atoms. The van der Waals surface area contributed by atoms with Crippen LogP contribution in [0.1, 0.15) is 53.0 Å². The zero-order valence-corrected chi connectivity index (χ0v) is 16.1. The number of ether oxygens (including phenoxy) is 2. The molecule has 1 unspecified atom stereocenters. The first kappa shape index (κ1) is 20.8. The Bertz CT molecular complexity index is 772. The average Bonchev–Trinajstić information content (AvgIpc) is 2.55. The number of hydrogen-bond acceptors (Lipinski definition) is 5. The summed E-state index contributed by atoms with van der Waals surface area (Å²) < 4.78 is 39.2.